The molecule has 0 unspecified atom stereocenters. The highest BCUT2D eigenvalue weighted by Gasteiger charge is 2.33. The minimum Gasteiger partial charge on any atom is -0.335 e. The van der Waals surface area contributed by atoms with Crippen LogP contribution in [0.25, 0.3) is 15.8 Å². The molecule has 2 aromatic carbocycles. The van der Waals surface area contributed by atoms with Crippen LogP contribution >= 0.6 is 46.3 Å². The third kappa shape index (κ3) is 7.88. The standard InChI is InChI=1S/C25H28Cl2N2O6S4/c1-2-19(24-28(11-3-5-13-38(30,31)32)20-15-17(26)7-9-22(20)36-24)25-29(12-4-6-14-39(33,34)35)21-16-18(27)8-10-23(21)37-25/h7-10,15-16H,2-6,11-14H2,1H3,(H-,30,31,32,33,34,35)/p+1. The molecule has 0 aliphatic carbocycles. The van der Waals surface area contributed by atoms with E-state index in [4.69, 9.17) is 32.3 Å². The van der Waals surface area contributed by atoms with Gasteiger partial charge >= 0.3 is 0 Å². The predicted octanol–water partition coefficient (Wildman–Crippen LogP) is 6.52. The highest BCUT2D eigenvalue weighted by molar-refractivity contribution is 8.04. The summed E-state index contributed by atoms with van der Waals surface area (Å²) in [5, 5.41) is 3.24. The van der Waals surface area contributed by atoms with Crippen LogP contribution < -0.4 is 9.47 Å². The Morgan fingerprint density at radius 3 is 2.23 bits per heavy atom. The second kappa shape index (κ2) is 12.6. The maximum Gasteiger partial charge on any atom is 0.268 e. The third-order valence-electron chi connectivity index (χ3n) is 6.27. The van der Waals surface area contributed by atoms with Gasteiger partial charge in [0, 0.05) is 34.0 Å². The lowest BCUT2D eigenvalue weighted by atomic mass is 10.2. The van der Waals surface area contributed by atoms with Crippen molar-refractivity contribution in [2.24, 2.45) is 0 Å². The summed E-state index contributed by atoms with van der Waals surface area (Å²) in [5.74, 6) is -0.590. The molecule has 0 amide bonds. The number of nitrogens with zero attached hydrogens (tertiary/aromatic N) is 2. The van der Waals surface area contributed by atoms with Gasteiger partial charge in [0.05, 0.1) is 27.8 Å². The molecular formula is C25H29Cl2N2O6S4+. The van der Waals surface area contributed by atoms with Crippen molar-refractivity contribution in [1.29, 1.82) is 0 Å². The van der Waals surface area contributed by atoms with Gasteiger partial charge in [-0.15, -0.1) is 0 Å². The minimum absolute atomic E-state index is 0.295. The number of hydrogen-bond donors (Lipinski definition) is 2. The molecule has 14 heteroatoms. The molecule has 0 saturated heterocycles. The Morgan fingerprint density at radius 2 is 1.56 bits per heavy atom. The van der Waals surface area contributed by atoms with Crippen molar-refractivity contribution in [3.63, 3.8) is 0 Å². The van der Waals surface area contributed by atoms with E-state index in [9.17, 15) is 16.8 Å². The molecule has 1 aromatic heterocycles. The van der Waals surface area contributed by atoms with Crippen LogP contribution in [0.15, 0.2) is 46.3 Å². The molecule has 2 heterocycles. The number of rotatable bonds is 12. The van der Waals surface area contributed by atoms with Crippen LogP contribution in [-0.4, -0.2) is 44.0 Å². The smallest absolute Gasteiger partial charge is 0.268 e. The number of halogens is 2. The number of fused-ring (bicyclic) bond motifs is 2. The SMILES string of the molecule is CCC(=C1Sc2ccc(Cl)cc2N1CCCCS(=O)(=O)O)c1sc2ccc(Cl)cc2[n+]1CCCCS(=O)(=O)O. The van der Waals surface area contributed by atoms with Gasteiger partial charge in [0.25, 0.3) is 25.2 Å². The second-order valence-corrected chi connectivity index (χ2v) is 15.2. The van der Waals surface area contributed by atoms with Crippen LogP contribution in [0, 0.1) is 0 Å². The van der Waals surface area contributed by atoms with Gasteiger partial charge in [-0.05, 0) is 56.0 Å². The van der Waals surface area contributed by atoms with Crippen LogP contribution in [0.2, 0.25) is 10.0 Å². The van der Waals surface area contributed by atoms with E-state index >= 15 is 0 Å². The monoisotopic (exact) mass is 651 g/mol. The van der Waals surface area contributed by atoms with Crippen molar-refractivity contribution in [2.45, 2.75) is 50.5 Å². The van der Waals surface area contributed by atoms with E-state index in [0.29, 0.717) is 55.2 Å². The van der Waals surface area contributed by atoms with Gasteiger partial charge < -0.3 is 4.90 Å². The van der Waals surface area contributed by atoms with Crippen LogP contribution in [-0.2, 0) is 26.8 Å². The van der Waals surface area contributed by atoms with Gasteiger partial charge in [0.1, 0.15) is 4.70 Å². The maximum atomic E-state index is 11.2. The first kappa shape index (κ1) is 30.6. The maximum absolute atomic E-state index is 11.2. The number of thioether (sulfide) groups is 1. The normalized spacial score (nSPS) is 15.3. The van der Waals surface area contributed by atoms with E-state index in [0.717, 1.165) is 36.4 Å². The Bertz CT molecular complexity index is 1620. The molecule has 1 aliphatic rings. The molecule has 39 heavy (non-hydrogen) atoms. The molecule has 3 aromatic rings. The highest BCUT2D eigenvalue weighted by Crippen LogP contribution is 2.50. The van der Waals surface area contributed by atoms with Crippen molar-refractivity contribution in [1.82, 2.24) is 0 Å². The zero-order valence-electron chi connectivity index (χ0n) is 21.1. The number of aryl methyl sites for hydroxylation is 1. The Kier molecular flexibility index (Phi) is 9.91. The summed E-state index contributed by atoms with van der Waals surface area (Å²) in [7, 11) is -8.06. The topological polar surface area (TPSA) is 116 Å². The Labute approximate surface area is 247 Å². The number of hydrogen-bond acceptors (Lipinski definition) is 7. The van der Waals surface area contributed by atoms with Crippen molar-refractivity contribution in [2.75, 3.05) is 23.0 Å². The third-order valence-corrected chi connectivity index (χ3v) is 10.8. The summed E-state index contributed by atoms with van der Waals surface area (Å²) < 4.78 is 66.5. The van der Waals surface area contributed by atoms with Gasteiger partial charge in [-0.1, -0.05) is 53.2 Å². The van der Waals surface area contributed by atoms with Crippen molar-refractivity contribution < 1.29 is 30.5 Å². The fraction of sp³-hybridized carbons (Fsp3) is 0.400. The van der Waals surface area contributed by atoms with Gasteiger partial charge in [-0.3, -0.25) is 9.11 Å². The van der Waals surface area contributed by atoms with Crippen LogP contribution in [0.5, 0.6) is 0 Å². The van der Waals surface area contributed by atoms with Crippen molar-refractivity contribution in [3.8, 4) is 0 Å². The average Bonchev–Trinajstić information content (AvgIpc) is 3.37. The Morgan fingerprint density at radius 1 is 0.923 bits per heavy atom. The van der Waals surface area contributed by atoms with E-state index in [2.05, 4.69) is 16.4 Å². The number of thiazole rings is 1. The van der Waals surface area contributed by atoms with E-state index < -0.39 is 20.2 Å². The first-order chi connectivity index (χ1) is 18.4. The fourth-order valence-electron chi connectivity index (χ4n) is 4.51. The molecule has 0 atom stereocenters. The molecule has 0 saturated carbocycles. The lowest BCUT2D eigenvalue weighted by Crippen LogP contribution is -2.37. The quantitative estimate of drug-likeness (QED) is 0.129. The zero-order valence-corrected chi connectivity index (χ0v) is 25.9. The Balaban J connectivity index is 1.76. The summed E-state index contributed by atoms with van der Waals surface area (Å²) >= 11 is 16.0. The summed E-state index contributed by atoms with van der Waals surface area (Å²) in [6.07, 6.45) is 2.44. The largest absolute Gasteiger partial charge is 0.335 e. The molecule has 0 fully saturated rings. The fourth-order valence-corrected chi connectivity index (χ4v) is 8.61. The number of unbranched alkanes of at least 4 members (excludes halogenated alkanes) is 2. The minimum atomic E-state index is -4.03. The molecule has 8 nitrogen and oxygen atoms in total. The van der Waals surface area contributed by atoms with Crippen LogP contribution in [0.3, 0.4) is 0 Å². The highest BCUT2D eigenvalue weighted by atomic mass is 35.5. The zero-order chi connectivity index (χ0) is 28.4. The Hall–Kier alpha value is -1.38. The molecule has 0 radical (unpaired) electrons. The summed E-state index contributed by atoms with van der Waals surface area (Å²) in [5.41, 5.74) is 2.99. The summed E-state index contributed by atoms with van der Waals surface area (Å²) in [6, 6.07) is 11.4. The van der Waals surface area contributed by atoms with E-state index in [1.165, 1.54) is 0 Å². The molecular weight excluding hydrogens is 623 g/mol. The summed E-state index contributed by atoms with van der Waals surface area (Å²) in [4.78, 5) is 3.20. The van der Waals surface area contributed by atoms with Gasteiger partial charge in [-0.2, -0.15) is 21.4 Å². The number of allylic oxidation sites excluding steroid dienone is 1. The molecule has 0 spiro atoms. The first-order valence-corrected chi connectivity index (χ1v) is 18.0. The molecule has 2 N–H and O–H groups in total. The van der Waals surface area contributed by atoms with E-state index in [-0.39, 0.29) is 11.5 Å². The molecule has 1 aliphatic heterocycles. The lowest BCUT2D eigenvalue weighted by molar-refractivity contribution is -0.669. The number of anilines is 1. The van der Waals surface area contributed by atoms with Crippen molar-refractivity contribution >= 4 is 88.0 Å². The summed E-state index contributed by atoms with van der Waals surface area (Å²) in [6.45, 7) is 3.16. The van der Waals surface area contributed by atoms with Crippen molar-refractivity contribution in [3.05, 3.63) is 56.5 Å². The van der Waals surface area contributed by atoms with Gasteiger partial charge in [-0.25, -0.2) is 0 Å². The average molecular weight is 653 g/mol. The molecule has 0 bridgehead atoms. The first-order valence-electron chi connectivity index (χ1n) is 12.4. The van der Waals surface area contributed by atoms with E-state index in [1.807, 2.05) is 36.4 Å². The van der Waals surface area contributed by atoms with E-state index in [1.54, 1.807) is 23.1 Å². The number of benzene rings is 2. The predicted molar refractivity (Wildman–Crippen MR) is 160 cm³/mol. The number of aromatic nitrogens is 1. The van der Waals surface area contributed by atoms with Crippen LogP contribution in [0.1, 0.15) is 44.0 Å². The molecule has 212 valence electrons. The molecule has 4 rings (SSSR count). The van der Waals surface area contributed by atoms with Crippen LogP contribution in [0.4, 0.5) is 5.69 Å². The second-order valence-electron chi connectivity index (χ2n) is 9.16. The van der Waals surface area contributed by atoms with Gasteiger partial charge in [0.15, 0.2) is 6.54 Å². The lowest BCUT2D eigenvalue weighted by Gasteiger charge is -2.22. The van der Waals surface area contributed by atoms with Gasteiger partial charge in [0.2, 0.25) is 5.52 Å².